The molecule has 0 amide bonds. The van der Waals surface area contributed by atoms with Crippen molar-refractivity contribution in [2.24, 2.45) is 40.4 Å². The zero-order chi connectivity index (χ0) is 17.3. The second-order valence-electron chi connectivity index (χ2n) is 9.90. The fourth-order valence-corrected chi connectivity index (χ4v) is 7.85. The van der Waals surface area contributed by atoms with E-state index < -0.39 is 6.10 Å². The number of rotatable bonds is 1. The molecular weight excluding hydrogens is 300 g/mol. The summed E-state index contributed by atoms with van der Waals surface area (Å²) in [6, 6.07) is 0. The molecule has 0 spiro atoms. The minimum absolute atomic E-state index is 0.00376. The standard InChI is InChI=1S/C21H34O3/c1-12(22)19-18(24)11-17-15-5-4-13-10-14(23)6-8-20(13,2)16(15)7-9-21(17,19)3/h13-19,22-24H,1,4-11H2,2-3H3/t13?,14-,15+,16-,17-,18?,19-,20-,21-/m0/s1. The number of aliphatic hydroxyl groups excluding tert-OH is 3. The lowest BCUT2D eigenvalue weighted by atomic mass is 9.44. The van der Waals surface area contributed by atoms with Gasteiger partial charge in [0.05, 0.1) is 18.0 Å². The average molecular weight is 335 g/mol. The van der Waals surface area contributed by atoms with E-state index in [0.717, 1.165) is 38.0 Å². The first-order valence-corrected chi connectivity index (χ1v) is 10.0. The molecule has 0 radical (unpaired) electrons. The summed E-state index contributed by atoms with van der Waals surface area (Å²) in [5.41, 5.74) is 0.368. The van der Waals surface area contributed by atoms with Gasteiger partial charge in [-0.15, -0.1) is 0 Å². The molecule has 2 unspecified atom stereocenters. The summed E-state index contributed by atoms with van der Waals surface area (Å²) in [6.45, 7) is 8.55. The van der Waals surface area contributed by atoms with Gasteiger partial charge in [0.2, 0.25) is 0 Å². The van der Waals surface area contributed by atoms with Gasteiger partial charge in [-0.1, -0.05) is 20.4 Å². The highest BCUT2D eigenvalue weighted by molar-refractivity contribution is 5.15. The Bertz CT molecular complexity index is 531. The normalized spacial score (nSPS) is 56.9. The van der Waals surface area contributed by atoms with Crippen molar-refractivity contribution in [2.75, 3.05) is 0 Å². The molecule has 0 aromatic carbocycles. The largest absolute Gasteiger partial charge is 0.513 e. The minimum atomic E-state index is -0.435. The zero-order valence-corrected chi connectivity index (χ0v) is 15.2. The zero-order valence-electron chi connectivity index (χ0n) is 15.2. The van der Waals surface area contributed by atoms with Gasteiger partial charge in [-0.2, -0.15) is 0 Å². The highest BCUT2D eigenvalue weighted by Gasteiger charge is 2.62. The van der Waals surface area contributed by atoms with Crippen LogP contribution in [0.5, 0.6) is 0 Å². The van der Waals surface area contributed by atoms with Gasteiger partial charge in [-0.25, -0.2) is 0 Å². The Morgan fingerprint density at radius 2 is 1.62 bits per heavy atom. The predicted octanol–water partition coefficient (Wildman–Crippen LogP) is 4.05. The number of aliphatic hydroxyl groups is 3. The molecule has 9 atom stereocenters. The Morgan fingerprint density at radius 3 is 2.33 bits per heavy atom. The molecule has 24 heavy (non-hydrogen) atoms. The molecule has 3 N–H and O–H groups in total. The second-order valence-corrected chi connectivity index (χ2v) is 9.90. The van der Waals surface area contributed by atoms with Crippen LogP contribution in [0.4, 0.5) is 0 Å². The van der Waals surface area contributed by atoms with Crippen LogP contribution in [0.15, 0.2) is 12.3 Å². The predicted molar refractivity (Wildman–Crippen MR) is 94.4 cm³/mol. The summed E-state index contributed by atoms with van der Waals surface area (Å²) in [6.07, 6.45) is 8.14. The molecule has 4 aliphatic rings. The van der Waals surface area contributed by atoms with E-state index in [2.05, 4.69) is 20.4 Å². The van der Waals surface area contributed by atoms with E-state index in [1.54, 1.807) is 0 Å². The molecule has 0 saturated heterocycles. The lowest BCUT2D eigenvalue weighted by Gasteiger charge is -2.60. The third kappa shape index (κ3) is 2.16. The molecule has 0 aromatic rings. The molecule has 0 bridgehead atoms. The molecule has 3 nitrogen and oxygen atoms in total. The van der Waals surface area contributed by atoms with Crippen LogP contribution in [0, 0.1) is 40.4 Å². The summed E-state index contributed by atoms with van der Waals surface area (Å²) in [5, 5.41) is 30.8. The van der Waals surface area contributed by atoms with Crippen LogP contribution in [0.25, 0.3) is 0 Å². The molecule has 4 aliphatic carbocycles. The van der Waals surface area contributed by atoms with Crippen LogP contribution in [0.1, 0.15) is 65.2 Å². The van der Waals surface area contributed by atoms with E-state index >= 15 is 0 Å². The van der Waals surface area contributed by atoms with Crippen LogP contribution >= 0.6 is 0 Å². The molecule has 0 aliphatic heterocycles. The van der Waals surface area contributed by atoms with Gasteiger partial charge in [0, 0.05) is 5.92 Å². The fourth-order valence-electron chi connectivity index (χ4n) is 7.85. The summed E-state index contributed by atoms with van der Waals surface area (Å²) in [7, 11) is 0. The van der Waals surface area contributed by atoms with Crippen LogP contribution in [-0.2, 0) is 0 Å². The van der Waals surface area contributed by atoms with Crippen molar-refractivity contribution in [1.82, 2.24) is 0 Å². The molecule has 0 heterocycles. The van der Waals surface area contributed by atoms with Gasteiger partial charge in [0.1, 0.15) is 0 Å². The summed E-state index contributed by atoms with van der Waals surface area (Å²) in [4.78, 5) is 0. The van der Waals surface area contributed by atoms with E-state index in [1.165, 1.54) is 19.3 Å². The second kappa shape index (κ2) is 5.48. The van der Waals surface area contributed by atoms with Crippen LogP contribution < -0.4 is 0 Å². The van der Waals surface area contributed by atoms with E-state index in [1.807, 2.05) is 0 Å². The highest BCUT2D eigenvalue weighted by Crippen LogP contribution is 2.67. The maximum atomic E-state index is 10.6. The SMILES string of the molecule is C=C(O)[C@H]1C(O)C[C@H]2[C@@H]3CCC4C[C@@H](O)CC[C@]4(C)[C@H]3CC[C@]12C. The van der Waals surface area contributed by atoms with Crippen LogP contribution in [-0.4, -0.2) is 27.5 Å². The lowest BCUT2D eigenvalue weighted by Crippen LogP contribution is -2.54. The monoisotopic (exact) mass is 334 g/mol. The first-order chi connectivity index (χ1) is 11.3. The molecular formula is C21H34O3. The smallest absolute Gasteiger partial charge is 0.0913 e. The van der Waals surface area contributed by atoms with Crippen molar-refractivity contribution < 1.29 is 15.3 Å². The van der Waals surface area contributed by atoms with Crippen molar-refractivity contribution in [1.29, 1.82) is 0 Å². The van der Waals surface area contributed by atoms with Crippen LogP contribution in [0.3, 0.4) is 0 Å². The molecule has 4 rings (SSSR count). The topological polar surface area (TPSA) is 60.7 Å². The summed E-state index contributed by atoms with van der Waals surface area (Å²) < 4.78 is 0. The van der Waals surface area contributed by atoms with Crippen molar-refractivity contribution in [2.45, 2.75) is 77.4 Å². The third-order valence-corrected chi connectivity index (χ3v) is 9.03. The number of fused-ring (bicyclic) bond motifs is 5. The highest BCUT2D eigenvalue weighted by atomic mass is 16.3. The van der Waals surface area contributed by atoms with Gasteiger partial charge in [0.15, 0.2) is 0 Å². The summed E-state index contributed by atoms with van der Waals surface area (Å²) >= 11 is 0. The quantitative estimate of drug-likeness (QED) is 0.634. The van der Waals surface area contributed by atoms with E-state index in [-0.39, 0.29) is 23.2 Å². The molecule has 136 valence electrons. The van der Waals surface area contributed by atoms with Crippen molar-refractivity contribution in [3.8, 4) is 0 Å². The molecule has 3 heteroatoms. The van der Waals surface area contributed by atoms with Gasteiger partial charge in [-0.3, -0.25) is 0 Å². The maximum absolute atomic E-state index is 10.6. The molecule has 4 fully saturated rings. The fraction of sp³-hybridized carbons (Fsp3) is 0.905. The first-order valence-electron chi connectivity index (χ1n) is 10.0. The Hall–Kier alpha value is -0.540. The van der Waals surface area contributed by atoms with Gasteiger partial charge in [-0.05, 0) is 85.9 Å². The molecule has 0 aromatic heterocycles. The Labute approximate surface area is 146 Å². The van der Waals surface area contributed by atoms with Crippen LogP contribution in [0.2, 0.25) is 0 Å². The minimum Gasteiger partial charge on any atom is -0.513 e. The number of hydrogen-bond acceptors (Lipinski definition) is 3. The summed E-state index contributed by atoms with van der Waals surface area (Å²) in [5.74, 6) is 2.60. The third-order valence-electron chi connectivity index (χ3n) is 9.03. The Balaban J connectivity index is 1.64. The number of hydrogen-bond donors (Lipinski definition) is 3. The van der Waals surface area contributed by atoms with Crippen molar-refractivity contribution >= 4 is 0 Å². The van der Waals surface area contributed by atoms with Crippen molar-refractivity contribution in [3.05, 3.63) is 12.3 Å². The van der Waals surface area contributed by atoms with Gasteiger partial charge < -0.3 is 15.3 Å². The maximum Gasteiger partial charge on any atom is 0.0913 e. The lowest BCUT2D eigenvalue weighted by molar-refractivity contribution is -0.126. The van der Waals surface area contributed by atoms with E-state index in [0.29, 0.717) is 23.2 Å². The first kappa shape index (κ1) is 16.9. The van der Waals surface area contributed by atoms with Crippen molar-refractivity contribution in [3.63, 3.8) is 0 Å². The molecule has 4 saturated carbocycles. The van der Waals surface area contributed by atoms with E-state index in [9.17, 15) is 15.3 Å². The van der Waals surface area contributed by atoms with Gasteiger partial charge in [0.25, 0.3) is 0 Å². The Kier molecular flexibility index (Phi) is 3.86. The van der Waals surface area contributed by atoms with E-state index in [4.69, 9.17) is 0 Å². The average Bonchev–Trinajstić information content (AvgIpc) is 2.78. The van der Waals surface area contributed by atoms with Gasteiger partial charge >= 0.3 is 0 Å². The Morgan fingerprint density at radius 1 is 0.917 bits per heavy atom.